The van der Waals surface area contributed by atoms with E-state index in [9.17, 15) is 4.79 Å². The van der Waals surface area contributed by atoms with Crippen molar-refractivity contribution in [2.45, 2.75) is 26.8 Å². The van der Waals surface area contributed by atoms with Crippen LogP contribution >= 0.6 is 0 Å². The van der Waals surface area contributed by atoms with Gasteiger partial charge in [-0.3, -0.25) is 9.78 Å². The van der Waals surface area contributed by atoms with Gasteiger partial charge in [0, 0.05) is 22.3 Å². The van der Waals surface area contributed by atoms with Gasteiger partial charge < -0.3 is 5.32 Å². The molecule has 1 N–H and O–H groups in total. The van der Waals surface area contributed by atoms with Gasteiger partial charge in [0.05, 0.1) is 29.0 Å². The molecule has 1 aromatic heterocycles. The highest BCUT2D eigenvalue weighted by molar-refractivity contribution is 6.03. The molecule has 6 rings (SSSR count). The molecule has 1 heterocycles. The average molecular weight is 534 g/mol. The number of amides is 1. The summed E-state index contributed by atoms with van der Waals surface area (Å²) in [6.07, 6.45) is 1.78. The second-order valence-electron chi connectivity index (χ2n) is 10.5. The second kappa shape index (κ2) is 11.2. The van der Waals surface area contributed by atoms with Crippen LogP contribution in [0.5, 0.6) is 0 Å². The van der Waals surface area contributed by atoms with Gasteiger partial charge in [-0.2, -0.15) is 0 Å². The van der Waals surface area contributed by atoms with Gasteiger partial charge in [-0.25, -0.2) is 4.98 Å². The highest BCUT2D eigenvalue weighted by Crippen LogP contribution is 2.35. The summed E-state index contributed by atoms with van der Waals surface area (Å²) >= 11 is 0. The van der Waals surface area contributed by atoms with Crippen LogP contribution < -0.4 is 5.32 Å². The van der Waals surface area contributed by atoms with Gasteiger partial charge in [0.25, 0.3) is 5.91 Å². The molecule has 0 radical (unpaired) electrons. The van der Waals surface area contributed by atoms with Crippen LogP contribution in [0.3, 0.4) is 0 Å². The molecule has 0 fully saturated rings. The lowest BCUT2D eigenvalue weighted by atomic mass is 9.96. The minimum Gasteiger partial charge on any atom is -0.345 e. The Kier molecular flexibility index (Phi) is 7.13. The van der Waals surface area contributed by atoms with Gasteiger partial charge in [0.1, 0.15) is 0 Å². The van der Waals surface area contributed by atoms with Crippen LogP contribution in [0.1, 0.15) is 40.0 Å². The number of rotatable bonds is 6. The van der Waals surface area contributed by atoms with E-state index in [0.717, 1.165) is 44.4 Å². The van der Waals surface area contributed by atoms with Crippen molar-refractivity contribution in [3.63, 3.8) is 0 Å². The summed E-state index contributed by atoms with van der Waals surface area (Å²) in [6, 6.07) is 38.6. The van der Waals surface area contributed by atoms with Crippen LogP contribution in [-0.4, -0.2) is 15.9 Å². The lowest BCUT2D eigenvalue weighted by Crippen LogP contribution is -2.27. The molecule has 0 spiro atoms. The predicted octanol–water partition coefficient (Wildman–Crippen LogP) is 8.74. The topological polar surface area (TPSA) is 54.9 Å². The van der Waals surface area contributed by atoms with Crippen LogP contribution in [0.4, 0.5) is 0 Å². The fourth-order valence-electron chi connectivity index (χ4n) is 5.16. The first-order chi connectivity index (χ1) is 20.0. The molecule has 200 valence electrons. The van der Waals surface area contributed by atoms with E-state index in [-0.39, 0.29) is 11.9 Å². The van der Waals surface area contributed by atoms with Crippen LogP contribution in [0, 0.1) is 13.8 Å². The van der Waals surface area contributed by atoms with Crippen molar-refractivity contribution in [2.75, 3.05) is 0 Å². The Morgan fingerprint density at radius 3 is 1.83 bits per heavy atom. The van der Waals surface area contributed by atoms with Gasteiger partial charge in [-0.05, 0) is 43.5 Å². The smallest absolute Gasteiger partial charge is 0.252 e. The summed E-state index contributed by atoms with van der Waals surface area (Å²) in [4.78, 5) is 23.7. The van der Waals surface area contributed by atoms with E-state index < -0.39 is 0 Å². The van der Waals surface area contributed by atoms with Gasteiger partial charge in [-0.1, -0.05) is 120 Å². The van der Waals surface area contributed by atoms with E-state index in [2.05, 4.69) is 79.8 Å². The Morgan fingerprint density at radius 2 is 1.20 bits per heavy atom. The summed E-state index contributed by atoms with van der Waals surface area (Å²) in [5, 5.41) is 3.15. The molecule has 41 heavy (non-hydrogen) atoms. The Labute approximate surface area is 240 Å². The number of aromatic nitrogens is 2. The van der Waals surface area contributed by atoms with Crippen molar-refractivity contribution in [1.29, 1.82) is 0 Å². The molecule has 1 amide bonds. The van der Waals surface area contributed by atoms with E-state index >= 15 is 0 Å². The van der Waals surface area contributed by atoms with E-state index in [1.165, 1.54) is 11.1 Å². The molecule has 4 nitrogen and oxygen atoms in total. The normalized spacial score (nSPS) is 11.8. The molecule has 0 aliphatic carbocycles. The summed E-state index contributed by atoms with van der Waals surface area (Å²) < 4.78 is 0. The average Bonchev–Trinajstić information content (AvgIpc) is 3.01. The fourth-order valence-corrected chi connectivity index (χ4v) is 5.16. The number of nitrogens with one attached hydrogen (secondary N) is 1. The highest BCUT2D eigenvalue weighted by atomic mass is 16.1. The van der Waals surface area contributed by atoms with Crippen molar-refractivity contribution < 1.29 is 4.79 Å². The molecule has 0 saturated heterocycles. The lowest BCUT2D eigenvalue weighted by molar-refractivity contribution is 0.0940. The summed E-state index contributed by atoms with van der Waals surface area (Å²) in [5.74, 6) is -0.147. The zero-order valence-corrected chi connectivity index (χ0v) is 23.4. The first-order valence-electron chi connectivity index (χ1n) is 13.9. The SMILES string of the molecule is Cc1ccc(-c2ccc(-c3ccc(C)cc3)c3nc(-c4ccccc4C(=O)N[C@@H](C)c4ccccc4)cnc23)cc1. The van der Waals surface area contributed by atoms with E-state index in [0.29, 0.717) is 11.3 Å². The van der Waals surface area contributed by atoms with Gasteiger partial charge in [-0.15, -0.1) is 0 Å². The Balaban J connectivity index is 1.47. The maximum absolute atomic E-state index is 13.5. The maximum Gasteiger partial charge on any atom is 0.252 e. The van der Waals surface area contributed by atoms with E-state index in [1.54, 1.807) is 6.20 Å². The summed E-state index contributed by atoms with van der Waals surface area (Å²) in [6.45, 7) is 6.16. The van der Waals surface area contributed by atoms with Gasteiger partial charge in [0.2, 0.25) is 0 Å². The van der Waals surface area contributed by atoms with Crippen LogP contribution in [0.2, 0.25) is 0 Å². The zero-order chi connectivity index (χ0) is 28.3. The third-order valence-electron chi connectivity index (χ3n) is 7.52. The van der Waals surface area contributed by atoms with Crippen molar-refractivity contribution in [2.24, 2.45) is 0 Å². The van der Waals surface area contributed by atoms with Crippen LogP contribution in [0.25, 0.3) is 44.5 Å². The molecular weight excluding hydrogens is 502 g/mol. The maximum atomic E-state index is 13.5. The fraction of sp³-hybridized carbons (Fsp3) is 0.108. The quantitative estimate of drug-likeness (QED) is 0.233. The van der Waals surface area contributed by atoms with Crippen molar-refractivity contribution in [3.8, 4) is 33.5 Å². The highest BCUT2D eigenvalue weighted by Gasteiger charge is 2.19. The third kappa shape index (κ3) is 5.37. The van der Waals surface area contributed by atoms with Crippen molar-refractivity contribution >= 4 is 16.9 Å². The number of fused-ring (bicyclic) bond motifs is 1. The molecule has 0 aliphatic rings. The number of nitrogens with zero attached hydrogens (tertiary/aromatic N) is 2. The molecule has 0 unspecified atom stereocenters. The largest absolute Gasteiger partial charge is 0.345 e. The molecule has 0 bridgehead atoms. The standard InChI is InChI=1S/C37H31N3O/c1-24-13-17-28(18-14-24)30-21-22-31(29-19-15-25(2)16-20-29)36-35(30)38-23-34(40-36)32-11-7-8-12-33(32)37(41)39-26(3)27-9-5-4-6-10-27/h4-23,26H,1-3H3,(H,39,41)/t26-/m0/s1. The predicted molar refractivity (Wildman–Crippen MR) is 168 cm³/mol. The number of hydrogen-bond donors (Lipinski definition) is 1. The third-order valence-corrected chi connectivity index (χ3v) is 7.52. The van der Waals surface area contributed by atoms with E-state index in [4.69, 9.17) is 9.97 Å². The Bertz CT molecular complexity index is 1840. The van der Waals surface area contributed by atoms with Crippen LogP contribution in [0.15, 0.2) is 121 Å². The monoisotopic (exact) mass is 533 g/mol. The minimum absolute atomic E-state index is 0.135. The molecule has 6 aromatic rings. The molecule has 0 aliphatic heterocycles. The van der Waals surface area contributed by atoms with Crippen LogP contribution in [-0.2, 0) is 0 Å². The van der Waals surface area contributed by atoms with Crippen molar-refractivity contribution in [1.82, 2.24) is 15.3 Å². The molecule has 1 atom stereocenters. The lowest BCUT2D eigenvalue weighted by Gasteiger charge is -2.17. The first-order valence-corrected chi connectivity index (χ1v) is 13.9. The number of carbonyl (C=O) groups excluding carboxylic acids is 1. The molecular formula is C37H31N3O. The Hall–Kier alpha value is -5.09. The molecule has 5 aromatic carbocycles. The van der Waals surface area contributed by atoms with Gasteiger partial charge in [0.15, 0.2) is 0 Å². The Morgan fingerprint density at radius 1 is 0.634 bits per heavy atom. The van der Waals surface area contributed by atoms with Gasteiger partial charge >= 0.3 is 0 Å². The number of aryl methyl sites for hydroxylation is 2. The summed E-state index contributed by atoms with van der Waals surface area (Å²) in [7, 11) is 0. The van der Waals surface area contributed by atoms with Crippen molar-refractivity contribution in [3.05, 3.63) is 144 Å². The molecule has 0 saturated carbocycles. The second-order valence-corrected chi connectivity index (χ2v) is 10.5. The number of hydrogen-bond acceptors (Lipinski definition) is 3. The molecule has 4 heteroatoms. The van der Waals surface area contributed by atoms with E-state index in [1.807, 2.05) is 61.5 Å². The number of benzene rings is 5. The minimum atomic E-state index is -0.147. The first kappa shape index (κ1) is 26.1. The number of carbonyl (C=O) groups is 1. The summed E-state index contributed by atoms with van der Waals surface area (Å²) in [5.41, 5.74) is 11.3. The zero-order valence-electron chi connectivity index (χ0n) is 23.4.